The first-order valence-corrected chi connectivity index (χ1v) is 8.07. The molecule has 1 unspecified atom stereocenters. The van der Waals surface area contributed by atoms with Crippen molar-refractivity contribution < 1.29 is 8.42 Å². The third-order valence-electron chi connectivity index (χ3n) is 3.59. The molecule has 1 aliphatic carbocycles. The third kappa shape index (κ3) is 2.46. The van der Waals surface area contributed by atoms with Gasteiger partial charge in [-0.25, -0.2) is 18.1 Å². The monoisotopic (exact) mass is 288 g/mol. The lowest BCUT2D eigenvalue weighted by molar-refractivity contribution is 0.551. The van der Waals surface area contributed by atoms with Crippen LogP contribution >= 0.6 is 0 Å². The summed E-state index contributed by atoms with van der Waals surface area (Å²) in [6.45, 7) is 2.05. The van der Waals surface area contributed by atoms with Gasteiger partial charge in [0.25, 0.3) is 10.0 Å². The Morgan fingerprint density at radius 1 is 1.25 bits per heavy atom. The Labute approximate surface area is 118 Å². The van der Waals surface area contributed by atoms with Gasteiger partial charge in [0.2, 0.25) is 0 Å². The lowest BCUT2D eigenvalue weighted by Gasteiger charge is -2.14. The minimum Gasteiger partial charge on any atom is -0.243 e. The van der Waals surface area contributed by atoms with Crippen molar-refractivity contribution in [2.24, 2.45) is 0 Å². The molecule has 0 radical (unpaired) electrons. The molecule has 4 nitrogen and oxygen atoms in total. The van der Waals surface area contributed by atoms with Gasteiger partial charge in [0.05, 0.1) is 0 Å². The van der Waals surface area contributed by atoms with Crippen molar-refractivity contribution in [3.8, 4) is 0 Å². The van der Waals surface area contributed by atoms with Gasteiger partial charge in [-0.05, 0) is 43.0 Å². The van der Waals surface area contributed by atoms with Crippen molar-refractivity contribution in [1.29, 1.82) is 0 Å². The average Bonchev–Trinajstić information content (AvgIpc) is 2.81. The second-order valence-corrected chi connectivity index (χ2v) is 6.74. The standard InChI is InChI=1S/C15H16N2O2S/c1-11-5-7-13-12(10-11)6-8-14(13)17-20(18,19)15-4-2-3-9-16-15/h2-5,7,9-10,14,17H,6,8H2,1H3. The fourth-order valence-electron chi connectivity index (χ4n) is 2.62. The summed E-state index contributed by atoms with van der Waals surface area (Å²) in [6, 6.07) is 10.9. The van der Waals surface area contributed by atoms with E-state index in [0.717, 1.165) is 18.4 Å². The predicted molar refractivity (Wildman–Crippen MR) is 76.8 cm³/mol. The van der Waals surface area contributed by atoms with E-state index in [1.807, 2.05) is 19.1 Å². The Balaban J connectivity index is 1.88. The molecule has 0 amide bonds. The zero-order chi connectivity index (χ0) is 14.2. The van der Waals surface area contributed by atoms with Crippen molar-refractivity contribution in [2.75, 3.05) is 0 Å². The molecule has 3 rings (SSSR count). The van der Waals surface area contributed by atoms with Crippen LogP contribution in [-0.2, 0) is 16.4 Å². The Morgan fingerprint density at radius 3 is 2.85 bits per heavy atom. The van der Waals surface area contributed by atoms with Gasteiger partial charge in [0.15, 0.2) is 5.03 Å². The van der Waals surface area contributed by atoms with E-state index in [0.29, 0.717) is 0 Å². The fourth-order valence-corrected chi connectivity index (χ4v) is 3.82. The van der Waals surface area contributed by atoms with Crippen molar-refractivity contribution in [2.45, 2.75) is 30.8 Å². The minimum absolute atomic E-state index is 0.0700. The summed E-state index contributed by atoms with van der Waals surface area (Å²) in [5.74, 6) is 0. The van der Waals surface area contributed by atoms with Crippen molar-refractivity contribution in [1.82, 2.24) is 9.71 Å². The fraction of sp³-hybridized carbons (Fsp3) is 0.267. The van der Waals surface area contributed by atoms with Gasteiger partial charge in [0, 0.05) is 12.2 Å². The number of fused-ring (bicyclic) bond motifs is 1. The van der Waals surface area contributed by atoms with Crippen LogP contribution < -0.4 is 4.72 Å². The number of sulfonamides is 1. The molecule has 1 atom stereocenters. The van der Waals surface area contributed by atoms with E-state index < -0.39 is 10.0 Å². The Hall–Kier alpha value is -1.72. The maximum Gasteiger partial charge on any atom is 0.258 e. The molecule has 20 heavy (non-hydrogen) atoms. The first kappa shape index (κ1) is 13.3. The molecular weight excluding hydrogens is 272 g/mol. The number of aryl methyl sites for hydroxylation is 2. The number of pyridine rings is 1. The molecule has 104 valence electrons. The van der Waals surface area contributed by atoms with E-state index in [4.69, 9.17) is 0 Å². The van der Waals surface area contributed by atoms with Gasteiger partial charge < -0.3 is 0 Å². The molecule has 0 fully saturated rings. The van der Waals surface area contributed by atoms with E-state index in [1.54, 1.807) is 12.1 Å². The molecule has 0 saturated heterocycles. The summed E-state index contributed by atoms with van der Waals surface area (Å²) in [6.07, 6.45) is 3.19. The largest absolute Gasteiger partial charge is 0.258 e. The Kier molecular flexibility index (Phi) is 3.31. The molecule has 1 aliphatic rings. The lowest BCUT2D eigenvalue weighted by Crippen LogP contribution is -2.28. The number of hydrogen-bond acceptors (Lipinski definition) is 3. The van der Waals surface area contributed by atoms with Gasteiger partial charge in [-0.3, -0.25) is 0 Å². The van der Waals surface area contributed by atoms with Crippen LogP contribution in [0.2, 0.25) is 0 Å². The second-order valence-electron chi connectivity index (χ2n) is 5.08. The molecule has 2 aromatic rings. The first-order valence-electron chi connectivity index (χ1n) is 6.59. The first-order chi connectivity index (χ1) is 9.56. The SMILES string of the molecule is Cc1ccc2c(c1)CCC2NS(=O)(=O)c1ccccn1. The number of nitrogens with one attached hydrogen (secondary N) is 1. The number of aromatic nitrogens is 1. The highest BCUT2D eigenvalue weighted by Gasteiger charge is 2.27. The van der Waals surface area contributed by atoms with E-state index in [-0.39, 0.29) is 11.1 Å². The molecule has 0 aliphatic heterocycles. The Bertz CT molecular complexity index is 727. The third-order valence-corrected chi connectivity index (χ3v) is 4.97. The number of hydrogen-bond donors (Lipinski definition) is 1. The van der Waals surface area contributed by atoms with Crippen LogP contribution in [0.5, 0.6) is 0 Å². The van der Waals surface area contributed by atoms with Crippen LogP contribution in [0.25, 0.3) is 0 Å². The summed E-state index contributed by atoms with van der Waals surface area (Å²) in [5, 5.41) is 0.0700. The van der Waals surface area contributed by atoms with E-state index in [9.17, 15) is 8.42 Å². The molecular formula is C15H16N2O2S. The van der Waals surface area contributed by atoms with Gasteiger partial charge in [-0.15, -0.1) is 0 Å². The molecule has 0 saturated carbocycles. The summed E-state index contributed by atoms with van der Waals surface area (Å²) in [4.78, 5) is 3.91. The number of nitrogens with zero attached hydrogens (tertiary/aromatic N) is 1. The highest BCUT2D eigenvalue weighted by Crippen LogP contribution is 2.32. The topological polar surface area (TPSA) is 59.1 Å². The van der Waals surface area contributed by atoms with Gasteiger partial charge in [-0.2, -0.15) is 0 Å². The molecule has 1 aromatic carbocycles. The normalized spacial score (nSPS) is 17.9. The van der Waals surface area contributed by atoms with Crippen LogP contribution in [0.3, 0.4) is 0 Å². The van der Waals surface area contributed by atoms with Crippen LogP contribution in [0.1, 0.15) is 29.2 Å². The molecule has 0 bridgehead atoms. The average molecular weight is 288 g/mol. The van der Waals surface area contributed by atoms with Crippen molar-refractivity contribution in [3.63, 3.8) is 0 Å². The van der Waals surface area contributed by atoms with Crippen molar-refractivity contribution >= 4 is 10.0 Å². The quantitative estimate of drug-likeness (QED) is 0.943. The van der Waals surface area contributed by atoms with E-state index >= 15 is 0 Å². The molecule has 1 aromatic heterocycles. The Morgan fingerprint density at radius 2 is 2.10 bits per heavy atom. The zero-order valence-corrected chi connectivity index (χ0v) is 12.0. The highest BCUT2D eigenvalue weighted by atomic mass is 32.2. The van der Waals surface area contributed by atoms with E-state index in [2.05, 4.69) is 15.8 Å². The van der Waals surface area contributed by atoms with Gasteiger partial charge >= 0.3 is 0 Å². The zero-order valence-electron chi connectivity index (χ0n) is 11.2. The van der Waals surface area contributed by atoms with Crippen molar-refractivity contribution in [3.05, 3.63) is 59.3 Å². The summed E-state index contributed by atoms with van der Waals surface area (Å²) in [7, 11) is -3.56. The van der Waals surface area contributed by atoms with Crippen LogP contribution in [-0.4, -0.2) is 13.4 Å². The maximum atomic E-state index is 12.3. The number of rotatable bonds is 3. The molecule has 5 heteroatoms. The van der Waals surface area contributed by atoms with Gasteiger partial charge in [0.1, 0.15) is 0 Å². The van der Waals surface area contributed by atoms with Crippen LogP contribution in [0, 0.1) is 6.92 Å². The van der Waals surface area contributed by atoms with Crippen LogP contribution in [0.4, 0.5) is 0 Å². The molecule has 1 heterocycles. The smallest absolute Gasteiger partial charge is 0.243 e. The molecule has 0 spiro atoms. The van der Waals surface area contributed by atoms with Gasteiger partial charge in [-0.1, -0.05) is 29.8 Å². The maximum absolute atomic E-state index is 12.3. The lowest BCUT2D eigenvalue weighted by atomic mass is 10.1. The molecule has 1 N–H and O–H groups in total. The van der Waals surface area contributed by atoms with Crippen LogP contribution in [0.15, 0.2) is 47.6 Å². The highest BCUT2D eigenvalue weighted by molar-refractivity contribution is 7.89. The predicted octanol–water partition coefficient (Wildman–Crippen LogP) is 2.36. The summed E-state index contributed by atoms with van der Waals surface area (Å²) < 4.78 is 27.3. The summed E-state index contributed by atoms with van der Waals surface area (Å²) in [5.41, 5.74) is 3.52. The number of benzene rings is 1. The second kappa shape index (κ2) is 5.00. The minimum atomic E-state index is -3.56. The van der Waals surface area contributed by atoms with E-state index in [1.165, 1.54) is 23.4 Å². The summed E-state index contributed by atoms with van der Waals surface area (Å²) >= 11 is 0.